The number of hydrogen-bond donors (Lipinski definition) is 0. The summed E-state index contributed by atoms with van der Waals surface area (Å²) in [6.45, 7) is 2.45. The lowest BCUT2D eigenvalue weighted by Crippen LogP contribution is -2.25. The number of likely N-dealkylation sites (N-methyl/N-ethyl adjacent to an activating group) is 1. The minimum Gasteiger partial charge on any atom is -0.495 e. The number of ketones is 1. The van der Waals surface area contributed by atoms with Crippen LogP contribution < -0.4 is 9.64 Å². The number of thiophene rings is 1. The molecule has 0 fully saturated rings. The first kappa shape index (κ1) is 14.6. The first-order valence-corrected chi connectivity index (χ1v) is 7.43. The van der Waals surface area contributed by atoms with Crippen molar-refractivity contribution in [3.8, 4) is 5.75 Å². The van der Waals surface area contributed by atoms with Crippen LogP contribution in [0.3, 0.4) is 0 Å². The number of benzene rings is 1. The number of carbonyl (C=O) groups is 1. The molecular formula is C16H19NO2S. The van der Waals surface area contributed by atoms with E-state index in [4.69, 9.17) is 4.74 Å². The van der Waals surface area contributed by atoms with Gasteiger partial charge in [-0.2, -0.15) is 0 Å². The second kappa shape index (κ2) is 6.57. The first-order chi connectivity index (χ1) is 9.65. The summed E-state index contributed by atoms with van der Waals surface area (Å²) in [7, 11) is 3.55. The van der Waals surface area contributed by atoms with Gasteiger partial charge in [0, 0.05) is 11.9 Å². The maximum atomic E-state index is 12.3. The summed E-state index contributed by atoms with van der Waals surface area (Å²) in [4.78, 5) is 16.3. The maximum absolute atomic E-state index is 12.3. The molecule has 2 aromatic rings. The molecule has 0 amide bonds. The number of hydrogen-bond acceptors (Lipinski definition) is 4. The van der Waals surface area contributed by atoms with E-state index in [0.717, 1.165) is 22.7 Å². The SMILES string of the molecule is CCc1ccc(C(=O)CN(C)c2ccccc2OC)s1. The van der Waals surface area contributed by atoms with E-state index in [9.17, 15) is 4.79 Å². The van der Waals surface area contributed by atoms with Crippen LogP contribution in [0.15, 0.2) is 36.4 Å². The molecule has 0 aliphatic heterocycles. The molecule has 0 saturated heterocycles. The molecule has 0 saturated carbocycles. The van der Waals surface area contributed by atoms with Gasteiger partial charge < -0.3 is 9.64 Å². The summed E-state index contributed by atoms with van der Waals surface area (Å²) in [5, 5.41) is 0. The molecule has 20 heavy (non-hydrogen) atoms. The summed E-state index contributed by atoms with van der Waals surface area (Å²) < 4.78 is 5.32. The van der Waals surface area contributed by atoms with Gasteiger partial charge in [0.05, 0.1) is 24.2 Å². The predicted octanol–water partition coefficient (Wildman–Crippen LogP) is 3.64. The molecule has 4 heteroatoms. The van der Waals surface area contributed by atoms with Gasteiger partial charge in [-0.1, -0.05) is 19.1 Å². The number of rotatable bonds is 6. The van der Waals surface area contributed by atoms with E-state index >= 15 is 0 Å². The lowest BCUT2D eigenvalue weighted by atomic mass is 10.2. The third-order valence-electron chi connectivity index (χ3n) is 3.16. The Hall–Kier alpha value is -1.81. The molecule has 0 bridgehead atoms. The van der Waals surface area contributed by atoms with Crippen molar-refractivity contribution in [2.24, 2.45) is 0 Å². The fourth-order valence-corrected chi connectivity index (χ4v) is 2.92. The number of para-hydroxylation sites is 2. The molecule has 0 spiro atoms. The summed E-state index contributed by atoms with van der Waals surface area (Å²) in [6.07, 6.45) is 0.973. The molecule has 1 aromatic carbocycles. The van der Waals surface area contributed by atoms with E-state index in [1.165, 1.54) is 4.88 Å². The van der Waals surface area contributed by atoms with Crippen LogP contribution in [0.2, 0.25) is 0 Å². The summed E-state index contributed by atoms with van der Waals surface area (Å²) in [5.41, 5.74) is 0.927. The highest BCUT2D eigenvalue weighted by Crippen LogP contribution is 2.27. The number of carbonyl (C=O) groups excluding carboxylic acids is 1. The minimum absolute atomic E-state index is 0.142. The zero-order valence-corrected chi connectivity index (χ0v) is 12.9. The van der Waals surface area contributed by atoms with E-state index in [0.29, 0.717) is 6.54 Å². The Labute approximate surface area is 123 Å². The van der Waals surface area contributed by atoms with Crippen molar-refractivity contribution in [3.05, 3.63) is 46.2 Å². The molecule has 0 unspecified atom stereocenters. The standard InChI is InChI=1S/C16H19NO2S/c1-4-12-9-10-16(20-12)14(18)11-17(2)13-7-5-6-8-15(13)19-3/h5-10H,4,11H2,1-3H3. The van der Waals surface area contributed by atoms with Gasteiger partial charge in [0.2, 0.25) is 0 Å². The van der Waals surface area contributed by atoms with Crippen molar-refractivity contribution in [1.29, 1.82) is 0 Å². The van der Waals surface area contributed by atoms with Crippen molar-refractivity contribution >= 4 is 22.8 Å². The van der Waals surface area contributed by atoms with E-state index in [1.54, 1.807) is 18.4 Å². The first-order valence-electron chi connectivity index (χ1n) is 6.61. The molecular weight excluding hydrogens is 270 g/mol. The van der Waals surface area contributed by atoms with Gasteiger partial charge in [-0.15, -0.1) is 11.3 Å². The van der Waals surface area contributed by atoms with Crippen LogP contribution >= 0.6 is 11.3 Å². The molecule has 106 valence electrons. The van der Waals surface area contributed by atoms with Gasteiger partial charge in [0.1, 0.15) is 5.75 Å². The highest BCUT2D eigenvalue weighted by atomic mass is 32.1. The van der Waals surface area contributed by atoms with Crippen molar-refractivity contribution in [1.82, 2.24) is 0 Å². The Morgan fingerprint density at radius 2 is 2.00 bits per heavy atom. The summed E-state index contributed by atoms with van der Waals surface area (Å²) in [6, 6.07) is 11.7. The Morgan fingerprint density at radius 1 is 1.25 bits per heavy atom. The summed E-state index contributed by atoms with van der Waals surface area (Å²) >= 11 is 1.58. The van der Waals surface area contributed by atoms with Crippen molar-refractivity contribution in [3.63, 3.8) is 0 Å². The van der Waals surface area contributed by atoms with Crippen LogP contribution in [-0.2, 0) is 6.42 Å². The molecule has 3 nitrogen and oxygen atoms in total. The highest BCUT2D eigenvalue weighted by molar-refractivity contribution is 7.14. The third-order valence-corrected chi connectivity index (χ3v) is 4.43. The van der Waals surface area contributed by atoms with Crippen LogP contribution in [0.5, 0.6) is 5.75 Å². The van der Waals surface area contributed by atoms with Crippen LogP contribution in [-0.4, -0.2) is 26.5 Å². The number of ether oxygens (including phenoxy) is 1. The Morgan fingerprint density at radius 3 is 2.65 bits per heavy atom. The topological polar surface area (TPSA) is 29.5 Å². The van der Waals surface area contributed by atoms with Crippen LogP contribution in [0.1, 0.15) is 21.5 Å². The molecule has 2 rings (SSSR count). The molecule has 0 radical (unpaired) electrons. The van der Waals surface area contributed by atoms with Crippen LogP contribution in [0.4, 0.5) is 5.69 Å². The van der Waals surface area contributed by atoms with Gasteiger partial charge in [0.15, 0.2) is 5.78 Å². The number of nitrogens with zero attached hydrogens (tertiary/aromatic N) is 1. The average Bonchev–Trinajstić information content (AvgIpc) is 2.96. The van der Waals surface area contributed by atoms with Crippen molar-refractivity contribution in [2.75, 3.05) is 25.6 Å². The number of aryl methyl sites for hydroxylation is 1. The molecule has 0 aliphatic carbocycles. The number of anilines is 1. The fraction of sp³-hybridized carbons (Fsp3) is 0.312. The van der Waals surface area contributed by atoms with Gasteiger partial charge >= 0.3 is 0 Å². The fourth-order valence-electron chi connectivity index (χ4n) is 2.04. The van der Waals surface area contributed by atoms with E-state index in [2.05, 4.69) is 6.92 Å². The lowest BCUT2D eigenvalue weighted by Gasteiger charge is -2.20. The van der Waals surface area contributed by atoms with Gasteiger partial charge in [-0.25, -0.2) is 0 Å². The Kier molecular flexibility index (Phi) is 4.79. The second-order valence-electron chi connectivity index (χ2n) is 4.57. The number of methoxy groups -OCH3 is 1. The lowest BCUT2D eigenvalue weighted by molar-refractivity contribution is 0.100. The van der Waals surface area contributed by atoms with Gasteiger partial charge in [-0.3, -0.25) is 4.79 Å². The molecule has 1 heterocycles. The Balaban J connectivity index is 2.10. The zero-order chi connectivity index (χ0) is 14.5. The normalized spacial score (nSPS) is 10.3. The second-order valence-corrected chi connectivity index (χ2v) is 5.74. The number of Topliss-reactive ketones (excluding diaryl/α,β-unsaturated/α-hetero) is 1. The van der Waals surface area contributed by atoms with Crippen molar-refractivity contribution in [2.45, 2.75) is 13.3 Å². The third kappa shape index (κ3) is 3.20. The average molecular weight is 289 g/mol. The van der Waals surface area contributed by atoms with Gasteiger partial charge in [0.25, 0.3) is 0 Å². The molecule has 1 aromatic heterocycles. The van der Waals surface area contributed by atoms with E-state index in [1.807, 2.05) is 48.3 Å². The van der Waals surface area contributed by atoms with Gasteiger partial charge in [-0.05, 0) is 30.7 Å². The van der Waals surface area contributed by atoms with Crippen molar-refractivity contribution < 1.29 is 9.53 Å². The van der Waals surface area contributed by atoms with Crippen LogP contribution in [0.25, 0.3) is 0 Å². The van der Waals surface area contributed by atoms with E-state index < -0.39 is 0 Å². The quantitative estimate of drug-likeness (QED) is 0.760. The zero-order valence-electron chi connectivity index (χ0n) is 12.1. The Bertz CT molecular complexity index is 592. The monoisotopic (exact) mass is 289 g/mol. The predicted molar refractivity (Wildman–Crippen MR) is 84.3 cm³/mol. The molecule has 0 aliphatic rings. The largest absolute Gasteiger partial charge is 0.495 e. The molecule has 0 atom stereocenters. The highest BCUT2D eigenvalue weighted by Gasteiger charge is 2.14. The van der Waals surface area contributed by atoms with Crippen LogP contribution in [0, 0.1) is 0 Å². The minimum atomic E-state index is 0.142. The smallest absolute Gasteiger partial charge is 0.191 e. The van der Waals surface area contributed by atoms with E-state index in [-0.39, 0.29) is 5.78 Å². The molecule has 0 N–H and O–H groups in total. The maximum Gasteiger partial charge on any atom is 0.191 e. The summed E-state index contributed by atoms with van der Waals surface area (Å²) in [5.74, 6) is 0.923.